The predicted molar refractivity (Wildman–Crippen MR) is 132 cm³/mol. The fourth-order valence-electron chi connectivity index (χ4n) is 4.06. The summed E-state index contributed by atoms with van der Waals surface area (Å²) in [6, 6.07) is 6.65. The average molecular weight is 411 g/mol. The molecule has 2 aliphatic heterocycles. The molecule has 0 N–H and O–H groups in total. The van der Waals surface area contributed by atoms with Crippen molar-refractivity contribution in [2.45, 2.75) is 58.8 Å². The number of ether oxygens (including phenoxy) is 1. The van der Waals surface area contributed by atoms with Gasteiger partial charge in [0.05, 0.1) is 6.61 Å². The first-order valence-electron chi connectivity index (χ1n) is 12.0. The van der Waals surface area contributed by atoms with Crippen molar-refractivity contribution in [3.8, 4) is 5.75 Å². The number of fused-ring (bicyclic) bond motifs is 1. The van der Waals surface area contributed by atoms with Crippen molar-refractivity contribution in [1.82, 2.24) is 4.90 Å². The van der Waals surface area contributed by atoms with Crippen molar-refractivity contribution >= 4 is 5.69 Å². The van der Waals surface area contributed by atoms with Crippen LogP contribution in [0.15, 0.2) is 55.2 Å². The third-order valence-electron chi connectivity index (χ3n) is 5.60. The van der Waals surface area contributed by atoms with Gasteiger partial charge in [0.15, 0.2) is 0 Å². The number of nitrogens with zero attached hydrogens (tertiary/aromatic N) is 2. The number of hydrogen-bond acceptors (Lipinski definition) is 3. The summed E-state index contributed by atoms with van der Waals surface area (Å²) in [7, 11) is 0. The molecule has 2 aliphatic rings. The number of allylic oxidation sites excluding steroid dienone is 5. The van der Waals surface area contributed by atoms with E-state index in [1.807, 2.05) is 18.2 Å². The van der Waals surface area contributed by atoms with Gasteiger partial charge in [0.1, 0.15) is 5.75 Å². The van der Waals surface area contributed by atoms with E-state index in [-0.39, 0.29) is 0 Å². The van der Waals surface area contributed by atoms with E-state index in [9.17, 15) is 0 Å². The van der Waals surface area contributed by atoms with Gasteiger partial charge < -0.3 is 14.5 Å². The maximum atomic E-state index is 5.97. The van der Waals surface area contributed by atoms with Crippen molar-refractivity contribution in [3.63, 3.8) is 0 Å². The summed E-state index contributed by atoms with van der Waals surface area (Å²) in [5.74, 6) is 1.05. The lowest BCUT2D eigenvalue weighted by Gasteiger charge is -2.26. The van der Waals surface area contributed by atoms with Gasteiger partial charge >= 0.3 is 0 Å². The highest BCUT2D eigenvalue weighted by Gasteiger charge is 2.18. The highest BCUT2D eigenvalue weighted by molar-refractivity contribution is 5.60. The SMILES string of the molecule is C=C/C=C\C=C/CC.CCCN1CCc2cc(OCCCN3CCCCC3)ccc21. The second kappa shape index (κ2) is 14.9. The van der Waals surface area contributed by atoms with Crippen LogP contribution in [0, 0.1) is 0 Å². The molecule has 1 fully saturated rings. The van der Waals surface area contributed by atoms with Crippen molar-refractivity contribution in [3.05, 3.63) is 60.7 Å². The lowest BCUT2D eigenvalue weighted by molar-refractivity contribution is 0.205. The Balaban J connectivity index is 0.000000343. The fraction of sp³-hybridized carbons (Fsp3) is 0.556. The maximum Gasteiger partial charge on any atom is 0.119 e. The molecule has 0 radical (unpaired) electrons. The Morgan fingerprint density at radius 3 is 2.57 bits per heavy atom. The second-order valence-electron chi connectivity index (χ2n) is 8.09. The van der Waals surface area contributed by atoms with Gasteiger partial charge in [-0.15, -0.1) is 0 Å². The van der Waals surface area contributed by atoms with E-state index in [0.29, 0.717) is 0 Å². The molecule has 1 saturated heterocycles. The first-order valence-corrected chi connectivity index (χ1v) is 12.0. The van der Waals surface area contributed by atoms with Gasteiger partial charge in [-0.25, -0.2) is 0 Å². The first kappa shape index (κ1) is 24.3. The zero-order valence-electron chi connectivity index (χ0n) is 19.3. The smallest absolute Gasteiger partial charge is 0.119 e. The van der Waals surface area contributed by atoms with Crippen LogP contribution in [0.5, 0.6) is 5.75 Å². The van der Waals surface area contributed by atoms with E-state index in [1.54, 1.807) is 6.08 Å². The number of benzene rings is 1. The van der Waals surface area contributed by atoms with Crippen LogP contribution in [0.25, 0.3) is 0 Å². The quantitative estimate of drug-likeness (QED) is 0.327. The Hall–Kier alpha value is -2.00. The molecule has 1 aromatic rings. The topological polar surface area (TPSA) is 15.7 Å². The Labute approximate surface area is 185 Å². The summed E-state index contributed by atoms with van der Waals surface area (Å²) >= 11 is 0. The van der Waals surface area contributed by atoms with Crippen molar-refractivity contribution in [2.24, 2.45) is 0 Å². The summed E-state index contributed by atoms with van der Waals surface area (Å²) in [5.41, 5.74) is 2.88. The zero-order valence-corrected chi connectivity index (χ0v) is 19.3. The van der Waals surface area contributed by atoms with Gasteiger partial charge in [-0.1, -0.05) is 57.2 Å². The molecule has 0 aromatic heterocycles. The van der Waals surface area contributed by atoms with Crippen LogP contribution in [-0.2, 0) is 6.42 Å². The van der Waals surface area contributed by atoms with E-state index in [1.165, 1.54) is 76.1 Å². The largest absolute Gasteiger partial charge is 0.494 e. The van der Waals surface area contributed by atoms with Gasteiger partial charge in [-0.2, -0.15) is 0 Å². The molecule has 2 heterocycles. The molecule has 0 unspecified atom stereocenters. The standard InChI is InChI=1S/C19H30N2O.C8H12/c1-2-10-21-14-9-17-16-18(7-8-19(17)21)22-15-6-13-20-11-4-3-5-12-20;1-3-5-7-8-6-4-2/h7-8,16H,2-6,9-15H2,1H3;3,5-8H,1,4H2,2H3/b;7-5-,8-6-. The molecule has 0 bridgehead atoms. The predicted octanol–water partition coefficient (Wildman–Crippen LogP) is 6.41. The molecule has 3 rings (SSSR count). The van der Waals surface area contributed by atoms with Crippen molar-refractivity contribution in [1.29, 1.82) is 0 Å². The number of anilines is 1. The Kier molecular flexibility index (Phi) is 12.1. The second-order valence-corrected chi connectivity index (χ2v) is 8.09. The molecule has 0 atom stereocenters. The Bertz CT molecular complexity index is 659. The molecule has 0 amide bonds. The highest BCUT2D eigenvalue weighted by atomic mass is 16.5. The van der Waals surface area contributed by atoms with Crippen LogP contribution in [0.4, 0.5) is 5.69 Å². The van der Waals surface area contributed by atoms with Crippen molar-refractivity contribution < 1.29 is 4.74 Å². The van der Waals surface area contributed by atoms with Crippen LogP contribution in [0.3, 0.4) is 0 Å². The molecule has 0 saturated carbocycles. The summed E-state index contributed by atoms with van der Waals surface area (Å²) in [4.78, 5) is 5.08. The van der Waals surface area contributed by atoms with E-state index in [4.69, 9.17) is 4.74 Å². The number of hydrogen-bond donors (Lipinski definition) is 0. The minimum atomic E-state index is 0.841. The van der Waals surface area contributed by atoms with Crippen LogP contribution < -0.4 is 9.64 Å². The number of rotatable bonds is 10. The van der Waals surface area contributed by atoms with Gasteiger partial charge in [0, 0.05) is 25.3 Å². The number of piperidine rings is 1. The monoisotopic (exact) mass is 410 g/mol. The summed E-state index contributed by atoms with van der Waals surface area (Å²) in [5, 5.41) is 0. The third-order valence-corrected chi connectivity index (χ3v) is 5.60. The highest BCUT2D eigenvalue weighted by Crippen LogP contribution is 2.31. The van der Waals surface area contributed by atoms with Gasteiger partial charge in [-0.3, -0.25) is 0 Å². The van der Waals surface area contributed by atoms with E-state index in [2.05, 4.69) is 54.5 Å². The molecular weight excluding hydrogens is 368 g/mol. The minimum Gasteiger partial charge on any atom is -0.494 e. The Morgan fingerprint density at radius 2 is 1.83 bits per heavy atom. The molecule has 1 aromatic carbocycles. The van der Waals surface area contributed by atoms with Gasteiger partial charge in [0.2, 0.25) is 0 Å². The minimum absolute atomic E-state index is 0.841. The van der Waals surface area contributed by atoms with E-state index >= 15 is 0 Å². The van der Waals surface area contributed by atoms with Crippen LogP contribution in [0.2, 0.25) is 0 Å². The summed E-state index contributed by atoms with van der Waals surface area (Å²) in [6.07, 6.45) is 18.5. The van der Waals surface area contributed by atoms with Gasteiger partial charge in [0.25, 0.3) is 0 Å². The fourth-order valence-corrected chi connectivity index (χ4v) is 4.06. The summed E-state index contributed by atoms with van der Waals surface area (Å²) < 4.78 is 5.97. The molecule has 0 spiro atoms. The molecule has 30 heavy (non-hydrogen) atoms. The van der Waals surface area contributed by atoms with Crippen LogP contribution in [0.1, 0.15) is 57.9 Å². The zero-order chi connectivity index (χ0) is 21.4. The van der Waals surface area contributed by atoms with Crippen LogP contribution in [-0.4, -0.2) is 44.2 Å². The molecule has 166 valence electrons. The lowest BCUT2D eigenvalue weighted by atomic mass is 10.1. The molecule has 3 heteroatoms. The normalized spacial score (nSPS) is 16.5. The van der Waals surface area contributed by atoms with Crippen LogP contribution >= 0.6 is 0 Å². The molecular formula is C27H42N2O. The number of likely N-dealkylation sites (tertiary alicyclic amines) is 1. The first-order chi connectivity index (χ1) is 14.8. The van der Waals surface area contributed by atoms with Crippen molar-refractivity contribution in [2.75, 3.05) is 44.2 Å². The summed E-state index contributed by atoms with van der Waals surface area (Å²) in [6.45, 7) is 14.8. The Morgan fingerprint density at radius 1 is 1.00 bits per heavy atom. The van der Waals surface area contributed by atoms with Gasteiger partial charge in [-0.05, 0) is 75.4 Å². The molecule has 0 aliphatic carbocycles. The third kappa shape index (κ3) is 8.79. The van der Waals surface area contributed by atoms with E-state index < -0.39 is 0 Å². The van der Waals surface area contributed by atoms with E-state index in [0.717, 1.165) is 25.2 Å². The average Bonchev–Trinajstić information content (AvgIpc) is 3.18. The molecule has 3 nitrogen and oxygen atoms in total. The lowest BCUT2D eigenvalue weighted by Crippen LogP contribution is -2.31. The maximum absolute atomic E-state index is 5.97.